The van der Waals surface area contributed by atoms with Crippen molar-refractivity contribution in [2.24, 2.45) is 0 Å². The average Bonchev–Trinajstić information content (AvgIpc) is 3.48. The number of amides is 2. The van der Waals surface area contributed by atoms with Gasteiger partial charge in [-0.2, -0.15) is 4.31 Å². The van der Waals surface area contributed by atoms with Crippen LogP contribution in [-0.4, -0.2) is 38.1 Å². The molecule has 1 aliphatic carbocycles. The van der Waals surface area contributed by atoms with Gasteiger partial charge in [0.15, 0.2) is 0 Å². The first-order chi connectivity index (χ1) is 13.6. The Kier molecular flexibility index (Phi) is 5.97. The highest BCUT2D eigenvalue weighted by molar-refractivity contribution is 7.89. The predicted octanol–water partition coefficient (Wildman–Crippen LogP) is 2.15. The van der Waals surface area contributed by atoms with Crippen molar-refractivity contribution >= 4 is 33.4 Å². The van der Waals surface area contributed by atoms with Crippen LogP contribution in [0.3, 0.4) is 0 Å². The first kappa shape index (κ1) is 21.3. The zero-order valence-electron chi connectivity index (χ0n) is 16.1. The van der Waals surface area contributed by atoms with Crippen LogP contribution >= 0.6 is 11.6 Å². The van der Waals surface area contributed by atoms with Gasteiger partial charge in [-0.1, -0.05) is 41.4 Å². The van der Waals surface area contributed by atoms with Crippen LogP contribution in [0, 0.1) is 6.92 Å². The lowest BCUT2D eigenvalue weighted by Crippen LogP contribution is -2.49. The van der Waals surface area contributed by atoms with E-state index in [4.69, 9.17) is 11.6 Å². The summed E-state index contributed by atoms with van der Waals surface area (Å²) in [5.74, 6) is -0.990. The van der Waals surface area contributed by atoms with Crippen molar-refractivity contribution in [3.8, 4) is 0 Å². The SMILES string of the molecule is Cc1ccc(S(=O)(=O)N(C)CC(=O)NNC(=O)C2(c3cccc(Cl)c3)CC2)cc1. The number of carbonyl (C=O) groups excluding carboxylic acids is 2. The molecule has 1 saturated carbocycles. The molecule has 7 nitrogen and oxygen atoms in total. The summed E-state index contributed by atoms with van der Waals surface area (Å²) < 4.78 is 26.0. The number of rotatable bonds is 6. The first-order valence-corrected chi connectivity index (χ1v) is 10.9. The Balaban J connectivity index is 1.58. The molecule has 2 aromatic carbocycles. The number of likely N-dealkylation sites (N-methyl/N-ethyl adjacent to an activating group) is 1. The van der Waals surface area contributed by atoms with E-state index >= 15 is 0 Å². The standard InChI is InChI=1S/C20H22ClN3O4S/c1-14-6-8-17(9-7-14)29(27,28)24(2)13-18(25)22-23-19(26)20(10-11-20)15-4-3-5-16(21)12-15/h3-9,12H,10-11,13H2,1-2H3,(H,22,25)(H,23,26). The van der Waals surface area contributed by atoms with E-state index in [2.05, 4.69) is 10.9 Å². The molecule has 2 aromatic rings. The molecule has 0 saturated heterocycles. The number of halogens is 1. The molecule has 1 fully saturated rings. The number of aryl methyl sites for hydroxylation is 1. The van der Waals surface area contributed by atoms with Crippen LogP contribution in [0.2, 0.25) is 5.02 Å². The summed E-state index contributed by atoms with van der Waals surface area (Å²) in [4.78, 5) is 24.9. The van der Waals surface area contributed by atoms with Gasteiger partial charge in [0, 0.05) is 12.1 Å². The molecule has 0 unspecified atom stereocenters. The summed E-state index contributed by atoms with van der Waals surface area (Å²) in [6.07, 6.45) is 1.30. The smallest absolute Gasteiger partial charge is 0.253 e. The molecule has 3 rings (SSSR count). The molecule has 29 heavy (non-hydrogen) atoms. The topological polar surface area (TPSA) is 95.6 Å². The summed E-state index contributed by atoms with van der Waals surface area (Å²) >= 11 is 6.01. The molecular formula is C20H22ClN3O4S. The van der Waals surface area contributed by atoms with E-state index in [0.717, 1.165) is 15.4 Å². The van der Waals surface area contributed by atoms with Crippen LogP contribution in [0.15, 0.2) is 53.4 Å². The Labute approximate surface area is 175 Å². The van der Waals surface area contributed by atoms with Crippen molar-refractivity contribution in [1.82, 2.24) is 15.2 Å². The average molecular weight is 436 g/mol. The molecule has 0 atom stereocenters. The fraction of sp³-hybridized carbons (Fsp3) is 0.300. The zero-order valence-corrected chi connectivity index (χ0v) is 17.7. The third-order valence-corrected chi connectivity index (χ3v) is 7.03. The summed E-state index contributed by atoms with van der Waals surface area (Å²) in [5, 5.41) is 0.536. The lowest BCUT2D eigenvalue weighted by atomic mass is 9.95. The van der Waals surface area contributed by atoms with Crippen molar-refractivity contribution < 1.29 is 18.0 Å². The van der Waals surface area contributed by atoms with Gasteiger partial charge >= 0.3 is 0 Å². The van der Waals surface area contributed by atoms with Gasteiger partial charge in [-0.25, -0.2) is 8.42 Å². The molecule has 0 radical (unpaired) electrons. The van der Waals surface area contributed by atoms with E-state index in [-0.39, 0.29) is 10.8 Å². The highest BCUT2D eigenvalue weighted by Crippen LogP contribution is 2.48. The summed E-state index contributed by atoms with van der Waals surface area (Å²) in [5.41, 5.74) is 5.71. The number of hydrazine groups is 1. The van der Waals surface area contributed by atoms with Crippen LogP contribution in [0.4, 0.5) is 0 Å². The monoisotopic (exact) mass is 435 g/mol. The number of benzene rings is 2. The summed E-state index contributed by atoms with van der Waals surface area (Å²) in [7, 11) is -2.50. The second-order valence-corrected chi connectivity index (χ2v) is 9.65. The van der Waals surface area contributed by atoms with Crippen LogP contribution in [0.5, 0.6) is 0 Å². The Morgan fingerprint density at radius 2 is 1.76 bits per heavy atom. The Morgan fingerprint density at radius 1 is 1.10 bits per heavy atom. The molecule has 0 aromatic heterocycles. The molecule has 2 N–H and O–H groups in total. The summed E-state index contributed by atoms with van der Waals surface area (Å²) in [6.45, 7) is 1.42. The van der Waals surface area contributed by atoms with Gasteiger partial charge in [0.25, 0.3) is 5.91 Å². The van der Waals surface area contributed by atoms with Crippen LogP contribution < -0.4 is 10.9 Å². The summed E-state index contributed by atoms with van der Waals surface area (Å²) in [6, 6.07) is 13.4. The molecule has 0 bridgehead atoms. The maximum Gasteiger partial charge on any atom is 0.253 e. The van der Waals surface area contributed by atoms with Crippen molar-refractivity contribution in [1.29, 1.82) is 0 Å². The maximum atomic E-state index is 12.6. The predicted molar refractivity (Wildman–Crippen MR) is 110 cm³/mol. The minimum absolute atomic E-state index is 0.0975. The van der Waals surface area contributed by atoms with Crippen molar-refractivity contribution in [3.63, 3.8) is 0 Å². The van der Waals surface area contributed by atoms with Crippen molar-refractivity contribution in [2.75, 3.05) is 13.6 Å². The lowest BCUT2D eigenvalue weighted by Gasteiger charge is -2.19. The lowest BCUT2D eigenvalue weighted by molar-refractivity contribution is -0.130. The van der Waals surface area contributed by atoms with Gasteiger partial charge in [-0.3, -0.25) is 20.4 Å². The Morgan fingerprint density at radius 3 is 2.34 bits per heavy atom. The molecule has 2 amide bonds. The molecule has 154 valence electrons. The quantitative estimate of drug-likeness (QED) is 0.679. The van der Waals surface area contributed by atoms with E-state index < -0.39 is 27.9 Å². The highest BCUT2D eigenvalue weighted by atomic mass is 35.5. The minimum atomic E-state index is -3.81. The minimum Gasteiger partial charge on any atom is -0.272 e. The van der Waals surface area contributed by atoms with E-state index in [1.54, 1.807) is 30.3 Å². The molecule has 0 spiro atoms. The van der Waals surface area contributed by atoms with Gasteiger partial charge in [0.05, 0.1) is 16.9 Å². The number of nitrogens with one attached hydrogen (secondary N) is 2. The normalized spacial score (nSPS) is 15.0. The fourth-order valence-electron chi connectivity index (χ4n) is 3.02. The zero-order chi connectivity index (χ0) is 21.2. The molecular weight excluding hydrogens is 414 g/mol. The number of hydrogen-bond donors (Lipinski definition) is 2. The largest absolute Gasteiger partial charge is 0.272 e. The van der Waals surface area contributed by atoms with Gasteiger partial charge in [-0.05, 0) is 49.6 Å². The van der Waals surface area contributed by atoms with Crippen LogP contribution in [0.1, 0.15) is 24.0 Å². The Bertz CT molecular complexity index is 1030. The number of hydrogen-bond acceptors (Lipinski definition) is 4. The third-order valence-electron chi connectivity index (χ3n) is 4.97. The highest BCUT2D eigenvalue weighted by Gasteiger charge is 2.51. The second kappa shape index (κ2) is 8.14. The van der Waals surface area contributed by atoms with E-state index in [9.17, 15) is 18.0 Å². The van der Waals surface area contributed by atoms with E-state index in [1.807, 2.05) is 13.0 Å². The number of carbonyl (C=O) groups is 2. The van der Waals surface area contributed by atoms with Gasteiger partial charge in [0.1, 0.15) is 0 Å². The maximum absolute atomic E-state index is 12.6. The molecule has 0 heterocycles. The van der Waals surface area contributed by atoms with Crippen molar-refractivity contribution in [3.05, 3.63) is 64.7 Å². The van der Waals surface area contributed by atoms with Gasteiger partial charge < -0.3 is 0 Å². The fourth-order valence-corrected chi connectivity index (χ4v) is 4.34. The second-order valence-electron chi connectivity index (χ2n) is 7.17. The third kappa shape index (κ3) is 4.60. The first-order valence-electron chi connectivity index (χ1n) is 9.03. The van der Waals surface area contributed by atoms with E-state index in [1.165, 1.54) is 19.2 Å². The number of nitrogens with zero attached hydrogens (tertiary/aromatic N) is 1. The van der Waals surface area contributed by atoms with Crippen molar-refractivity contribution in [2.45, 2.75) is 30.1 Å². The molecule has 0 aliphatic heterocycles. The Hall–Kier alpha value is -2.42. The molecule has 1 aliphatic rings. The van der Waals surface area contributed by atoms with Gasteiger partial charge in [0.2, 0.25) is 15.9 Å². The van der Waals surface area contributed by atoms with E-state index in [0.29, 0.717) is 17.9 Å². The number of sulfonamides is 1. The molecule has 9 heteroatoms. The van der Waals surface area contributed by atoms with Gasteiger partial charge in [-0.15, -0.1) is 0 Å². The van der Waals surface area contributed by atoms with Crippen LogP contribution in [-0.2, 0) is 25.0 Å². The van der Waals surface area contributed by atoms with Crippen LogP contribution in [0.25, 0.3) is 0 Å².